The number of carbonyl (C=O) groups excluding carboxylic acids is 4. The number of allylic oxidation sites excluding steroid dienone is 1. The van der Waals surface area contributed by atoms with Crippen LogP contribution in [0.2, 0.25) is 0 Å². The summed E-state index contributed by atoms with van der Waals surface area (Å²) in [6.45, 7) is 1.32. The Labute approximate surface area is 376 Å². The van der Waals surface area contributed by atoms with Crippen LogP contribution in [0.25, 0.3) is 33.5 Å². The van der Waals surface area contributed by atoms with Gasteiger partial charge in [0.2, 0.25) is 33.3 Å². The number of fused-ring (bicyclic) bond motifs is 5. The second-order valence-corrected chi connectivity index (χ2v) is 20.0. The van der Waals surface area contributed by atoms with E-state index in [9.17, 15) is 45.2 Å². The second kappa shape index (κ2) is 17.1. The Kier molecular flexibility index (Phi) is 11.6. The van der Waals surface area contributed by atoms with Crippen molar-refractivity contribution in [2.75, 3.05) is 6.54 Å². The zero-order valence-electron chi connectivity index (χ0n) is 35.7. The molecule has 2 aromatic heterocycles. The van der Waals surface area contributed by atoms with Crippen LogP contribution in [0.1, 0.15) is 75.8 Å². The Hall–Kier alpha value is -6.37. The van der Waals surface area contributed by atoms with E-state index in [2.05, 4.69) is 25.3 Å². The fourth-order valence-corrected chi connectivity index (χ4v) is 10.0. The number of aromatic nitrogens is 2. The quantitative estimate of drug-likeness (QED) is 0.106. The van der Waals surface area contributed by atoms with Gasteiger partial charge in [-0.05, 0) is 87.4 Å². The predicted molar refractivity (Wildman–Crippen MR) is 232 cm³/mol. The lowest BCUT2D eigenvalue weighted by Crippen LogP contribution is -2.58. The van der Waals surface area contributed by atoms with E-state index < -0.39 is 85.6 Å². The minimum atomic E-state index is -4.58. The highest BCUT2D eigenvalue weighted by Crippen LogP contribution is 2.48. The largest absolute Gasteiger partial charge is 0.470 e. The van der Waals surface area contributed by atoms with Crippen LogP contribution < -0.4 is 20.1 Å². The van der Waals surface area contributed by atoms with Crippen LogP contribution in [0.4, 0.5) is 17.6 Å². The van der Waals surface area contributed by atoms with Crippen molar-refractivity contribution in [1.29, 1.82) is 0 Å². The molecule has 346 valence electrons. The number of para-hydroxylation sites is 1. The molecule has 5 atom stereocenters. The summed E-state index contributed by atoms with van der Waals surface area (Å²) in [4.78, 5) is 67.6. The molecule has 4 amide bonds. The Balaban J connectivity index is 1.06. The molecule has 14 nitrogen and oxygen atoms in total. The number of carbonyl (C=O) groups is 4. The van der Waals surface area contributed by atoms with E-state index in [1.165, 1.54) is 41.3 Å². The van der Waals surface area contributed by atoms with Gasteiger partial charge in [-0.2, -0.15) is 18.2 Å². The maximum Gasteiger partial charge on any atom is 0.416 e. The molecule has 66 heavy (non-hydrogen) atoms. The van der Waals surface area contributed by atoms with Crippen molar-refractivity contribution in [2.24, 2.45) is 5.92 Å². The fourth-order valence-electron chi connectivity index (χ4n) is 8.72. The lowest BCUT2D eigenvalue weighted by Gasteiger charge is -2.30. The zero-order chi connectivity index (χ0) is 46.6. The molecule has 3 N–H and O–H groups in total. The number of hydrogen-bond acceptors (Lipinski definition) is 10. The van der Waals surface area contributed by atoms with Gasteiger partial charge in [-0.25, -0.2) is 17.8 Å². The van der Waals surface area contributed by atoms with Crippen molar-refractivity contribution >= 4 is 55.7 Å². The van der Waals surface area contributed by atoms with Gasteiger partial charge in [-0.1, -0.05) is 61.4 Å². The summed E-state index contributed by atoms with van der Waals surface area (Å²) in [6.07, 6.45) is 1.38. The number of nitrogens with zero attached hydrogens (tertiary/aromatic N) is 3. The van der Waals surface area contributed by atoms with Crippen LogP contribution in [-0.4, -0.2) is 81.9 Å². The maximum atomic E-state index is 14.8. The van der Waals surface area contributed by atoms with Crippen LogP contribution in [0.3, 0.4) is 0 Å². The third-order valence-corrected chi connectivity index (χ3v) is 15.2. The second-order valence-electron chi connectivity index (χ2n) is 17.8. The van der Waals surface area contributed by atoms with Crippen LogP contribution >= 0.6 is 0 Å². The number of nitrogens with one attached hydrogen (secondary N) is 3. The zero-order valence-corrected chi connectivity index (χ0v) is 36.5. The number of amides is 4. The first-order valence-corrected chi connectivity index (χ1v) is 23.3. The molecule has 0 bridgehead atoms. The maximum absolute atomic E-state index is 14.8. The minimum absolute atomic E-state index is 0.0131. The van der Waals surface area contributed by atoms with E-state index in [0.29, 0.717) is 60.6 Å². The van der Waals surface area contributed by atoms with Gasteiger partial charge in [-0.3, -0.25) is 23.9 Å². The molecule has 2 aliphatic heterocycles. The van der Waals surface area contributed by atoms with Gasteiger partial charge in [0.25, 0.3) is 11.8 Å². The van der Waals surface area contributed by atoms with Gasteiger partial charge < -0.3 is 24.7 Å². The third kappa shape index (κ3) is 8.96. The SMILES string of the molecule is CC1(S(=O)(=O)NC(=O)[C@@]23C[C@@H]2/C=C\CCCCC[C@H](NC(=O)Cc2ccc(F)cc2)C(=O)N2C[C@H](Oc4nc(-c5ccc(C(F)(F)F)cc5)nc5c4oc4ccccc45)C[C@H]2C(=O)N3)CC1. The summed E-state index contributed by atoms with van der Waals surface area (Å²) < 4.78 is 94.6. The number of ether oxygens (including phenoxy) is 1. The number of hydrogen-bond donors (Lipinski definition) is 3. The van der Waals surface area contributed by atoms with Gasteiger partial charge in [0.15, 0.2) is 5.82 Å². The van der Waals surface area contributed by atoms with Gasteiger partial charge in [0.1, 0.15) is 40.6 Å². The Bertz CT molecular complexity index is 2870. The molecule has 1 saturated heterocycles. The Morgan fingerprint density at radius 2 is 1.73 bits per heavy atom. The monoisotopic (exact) mass is 930 g/mol. The van der Waals surface area contributed by atoms with Crippen LogP contribution in [0.5, 0.6) is 5.88 Å². The molecule has 3 aromatic carbocycles. The van der Waals surface area contributed by atoms with Crippen molar-refractivity contribution in [3.63, 3.8) is 0 Å². The summed E-state index contributed by atoms with van der Waals surface area (Å²) in [5.41, 5.74) is -0.952. The van der Waals surface area contributed by atoms with E-state index >= 15 is 0 Å². The molecule has 2 aliphatic carbocycles. The van der Waals surface area contributed by atoms with Crippen molar-refractivity contribution < 1.29 is 54.3 Å². The van der Waals surface area contributed by atoms with E-state index in [1.54, 1.807) is 37.3 Å². The van der Waals surface area contributed by atoms with Crippen molar-refractivity contribution in [2.45, 2.75) is 106 Å². The molecule has 4 heterocycles. The van der Waals surface area contributed by atoms with E-state index in [0.717, 1.165) is 12.1 Å². The highest BCUT2D eigenvalue weighted by Gasteiger charge is 2.63. The molecule has 3 fully saturated rings. The number of rotatable bonds is 9. The molecule has 9 rings (SSSR count). The first-order valence-electron chi connectivity index (χ1n) is 21.9. The number of sulfonamides is 1. The summed E-state index contributed by atoms with van der Waals surface area (Å²) in [6, 6.07) is 14.2. The summed E-state index contributed by atoms with van der Waals surface area (Å²) >= 11 is 0. The molecule has 0 spiro atoms. The molecular weight excluding hydrogens is 885 g/mol. The average Bonchev–Trinajstić information content (AvgIpc) is 4.10. The van der Waals surface area contributed by atoms with Crippen LogP contribution in [0.15, 0.2) is 89.4 Å². The predicted octanol–water partition coefficient (Wildman–Crippen LogP) is 6.67. The highest BCUT2D eigenvalue weighted by atomic mass is 32.2. The van der Waals surface area contributed by atoms with Gasteiger partial charge >= 0.3 is 6.18 Å². The molecule has 19 heteroatoms. The Morgan fingerprint density at radius 1 is 0.985 bits per heavy atom. The van der Waals surface area contributed by atoms with E-state index in [1.807, 2.05) is 6.08 Å². The smallest absolute Gasteiger partial charge is 0.416 e. The topological polar surface area (TPSA) is 190 Å². The number of halogens is 4. The molecular formula is C47H46F4N6O8S. The van der Waals surface area contributed by atoms with Gasteiger partial charge in [0, 0.05) is 23.3 Å². The van der Waals surface area contributed by atoms with Crippen molar-refractivity contribution in [3.8, 4) is 17.3 Å². The first-order chi connectivity index (χ1) is 31.4. The van der Waals surface area contributed by atoms with Crippen molar-refractivity contribution in [3.05, 3.63) is 102 Å². The number of benzene rings is 3. The highest BCUT2D eigenvalue weighted by molar-refractivity contribution is 7.91. The summed E-state index contributed by atoms with van der Waals surface area (Å²) in [7, 11) is -4.09. The van der Waals surface area contributed by atoms with Crippen LogP contribution in [0, 0.1) is 11.7 Å². The molecule has 0 unspecified atom stereocenters. The van der Waals surface area contributed by atoms with Crippen LogP contribution in [-0.2, 0) is 41.8 Å². The first kappa shape index (κ1) is 44.8. The normalized spacial score (nSPS) is 24.9. The van der Waals surface area contributed by atoms with Gasteiger partial charge in [0.05, 0.1) is 23.3 Å². The van der Waals surface area contributed by atoms with Gasteiger partial charge in [-0.15, -0.1) is 0 Å². The lowest BCUT2D eigenvalue weighted by atomic mass is 10.0. The lowest BCUT2D eigenvalue weighted by molar-refractivity contribution is -0.142. The molecule has 0 radical (unpaired) electrons. The summed E-state index contributed by atoms with van der Waals surface area (Å²) in [5, 5.41) is 6.24. The third-order valence-electron chi connectivity index (χ3n) is 13.0. The van der Waals surface area contributed by atoms with E-state index in [4.69, 9.17) is 9.15 Å². The average molecular weight is 931 g/mol. The number of furan rings is 1. The standard InChI is InChI=1S/C47H46F4N6O8S/c1-45(21-22-45)66(62,63)56-44(61)46-25-30(46)9-5-3-2-4-6-11-34(52-37(58)23-27-13-19-31(48)20-14-27)43(60)57-26-32(24-35(57)41(59)55-46)64-42-39-38(33-10-7-8-12-36(33)65-39)53-40(54-42)28-15-17-29(18-16-28)47(49,50)51/h5,7-10,12-20,30,32,34-35H,2-4,6,11,21-26H2,1H3,(H,52,58)(H,55,59)(H,56,61)/b9-5-/t30-,32+,34-,35-,46+/m0/s1. The molecule has 2 saturated carbocycles. The number of alkyl halides is 3. The molecule has 5 aromatic rings. The fraction of sp³-hybridized carbons (Fsp3) is 0.404. The molecule has 4 aliphatic rings. The Morgan fingerprint density at radius 3 is 2.45 bits per heavy atom. The summed E-state index contributed by atoms with van der Waals surface area (Å²) in [5.74, 6) is -3.90. The van der Waals surface area contributed by atoms with E-state index in [-0.39, 0.29) is 55.1 Å². The van der Waals surface area contributed by atoms with Crippen molar-refractivity contribution in [1.82, 2.24) is 30.2 Å². The minimum Gasteiger partial charge on any atom is -0.470 e.